The maximum atomic E-state index is 13.0. The van der Waals surface area contributed by atoms with Crippen LogP contribution in [0.4, 0.5) is 17.6 Å². The number of halogens is 4. The molecule has 1 saturated heterocycles. The van der Waals surface area contributed by atoms with Gasteiger partial charge >= 0.3 is 0 Å². The van der Waals surface area contributed by atoms with Gasteiger partial charge in [0.25, 0.3) is 12.0 Å². The Bertz CT molecular complexity index is 327. The highest BCUT2D eigenvalue weighted by atomic mass is 19.3. The van der Waals surface area contributed by atoms with E-state index in [0.29, 0.717) is 6.54 Å². The Kier molecular flexibility index (Phi) is 2.74. The molecule has 1 aliphatic heterocycles. The van der Waals surface area contributed by atoms with Crippen molar-refractivity contribution in [3.63, 3.8) is 0 Å². The lowest BCUT2D eigenvalue weighted by Crippen LogP contribution is -2.33. The summed E-state index contributed by atoms with van der Waals surface area (Å²) in [6.07, 6.45) is -1.82. The molecule has 6 heteroatoms. The molecule has 2 rings (SSSR count). The van der Waals surface area contributed by atoms with Gasteiger partial charge in [0.05, 0.1) is 12.0 Å². The van der Waals surface area contributed by atoms with Gasteiger partial charge < -0.3 is 5.11 Å². The van der Waals surface area contributed by atoms with Crippen LogP contribution >= 0.6 is 0 Å². The minimum atomic E-state index is -2.84. The first-order chi connectivity index (χ1) is 7.40. The molecule has 0 spiro atoms. The van der Waals surface area contributed by atoms with E-state index < -0.39 is 24.0 Å². The third kappa shape index (κ3) is 1.84. The Labute approximate surface area is 90.5 Å². The van der Waals surface area contributed by atoms with Crippen molar-refractivity contribution < 1.29 is 22.7 Å². The van der Waals surface area contributed by atoms with Gasteiger partial charge in [0.1, 0.15) is 0 Å². The molecule has 92 valence electrons. The van der Waals surface area contributed by atoms with Gasteiger partial charge in [-0.05, 0) is 6.42 Å². The Balaban J connectivity index is 1.96. The highest BCUT2D eigenvalue weighted by Gasteiger charge is 2.71. The average molecular weight is 239 g/mol. The molecule has 0 aromatic heterocycles. The monoisotopic (exact) mass is 239 g/mol. The van der Waals surface area contributed by atoms with Crippen molar-refractivity contribution in [3.8, 4) is 0 Å². The van der Waals surface area contributed by atoms with E-state index in [0.717, 1.165) is 0 Å². The lowest BCUT2D eigenvalue weighted by Gasteiger charge is -2.21. The number of hydrogen-bond donors (Lipinski definition) is 1. The summed E-state index contributed by atoms with van der Waals surface area (Å²) in [7, 11) is 0. The highest BCUT2D eigenvalue weighted by Crippen LogP contribution is 2.60. The van der Waals surface area contributed by atoms with E-state index in [-0.39, 0.29) is 31.5 Å². The van der Waals surface area contributed by atoms with Gasteiger partial charge in [-0.2, -0.15) is 8.78 Å². The largest absolute Gasteiger partial charge is 0.396 e. The number of aliphatic hydroxyl groups excluding tert-OH is 1. The number of nitrogens with zero attached hydrogens (tertiary/aromatic N) is 1. The van der Waals surface area contributed by atoms with E-state index in [9.17, 15) is 17.6 Å². The Morgan fingerprint density at radius 2 is 2.00 bits per heavy atom. The molecule has 1 atom stereocenters. The summed E-state index contributed by atoms with van der Waals surface area (Å²) in [6.45, 7) is -0.189. The fourth-order valence-electron chi connectivity index (χ4n) is 2.21. The highest BCUT2D eigenvalue weighted by molar-refractivity contribution is 5.15. The molecule has 0 unspecified atom stereocenters. The Morgan fingerprint density at radius 1 is 1.38 bits per heavy atom. The van der Waals surface area contributed by atoms with Crippen LogP contribution in [0.5, 0.6) is 0 Å². The number of rotatable bonds is 3. The van der Waals surface area contributed by atoms with E-state index in [2.05, 4.69) is 0 Å². The number of alkyl halides is 2. The molecule has 1 heterocycles. The van der Waals surface area contributed by atoms with E-state index in [1.54, 1.807) is 4.90 Å². The number of aliphatic hydroxyl groups is 1. The van der Waals surface area contributed by atoms with Gasteiger partial charge in [0.2, 0.25) is 0 Å². The smallest absolute Gasteiger partial charge is 0.270 e. The molecule has 0 aromatic rings. The molecule has 1 N–H and O–H groups in total. The van der Waals surface area contributed by atoms with Crippen LogP contribution in [0.2, 0.25) is 0 Å². The second kappa shape index (κ2) is 3.70. The maximum Gasteiger partial charge on any atom is 0.270 e. The molecule has 2 fully saturated rings. The summed E-state index contributed by atoms with van der Waals surface area (Å²) in [4.78, 5) is 1.56. The predicted molar refractivity (Wildman–Crippen MR) is 49.4 cm³/mol. The van der Waals surface area contributed by atoms with Gasteiger partial charge in [0.15, 0.2) is 0 Å². The first-order valence-corrected chi connectivity index (χ1v) is 5.14. The molecule has 0 radical (unpaired) electrons. The van der Waals surface area contributed by atoms with Crippen LogP contribution in [0, 0.1) is 5.41 Å². The van der Waals surface area contributed by atoms with Crippen molar-refractivity contribution in [1.29, 1.82) is 0 Å². The summed E-state index contributed by atoms with van der Waals surface area (Å²) in [6, 6.07) is 0. The number of likely N-dealkylation sites (tertiary alicyclic amines) is 1. The molecule has 0 bridgehead atoms. The van der Waals surface area contributed by atoms with Crippen molar-refractivity contribution in [1.82, 2.24) is 4.90 Å². The molecule has 1 aliphatic carbocycles. The lowest BCUT2D eigenvalue weighted by atomic mass is 10.1. The van der Waals surface area contributed by atoms with Crippen LogP contribution in [0.3, 0.4) is 0 Å². The second-order valence-corrected chi connectivity index (χ2v) is 4.64. The minimum absolute atomic E-state index is 0.00667. The van der Waals surface area contributed by atoms with Gasteiger partial charge in [-0.1, -0.05) is 0 Å². The molecule has 1 saturated carbocycles. The van der Waals surface area contributed by atoms with E-state index in [1.165, 1.54) is 0 Å². The van der Waals surface area contributed by atoms with Crippen molar-refractivity contribution in [2.24, 2.45) is 5.41 Å². The first-order valence-electron chi connectivity index (χ1n) is 5.14. The zero-order valence-electron chi connectivity index (χ0n) is 8.65. The molecular weight excluding hydrogens is 226 g/mol. The summed E-state index contributed by atoms with van der Waals surface area (Å²) in [5, 5.41) is 8.96. The van der Waals surface area contributed by atoms with E-state index in [4.69, 9.17) is 5.11 Å². The topological polar surface area (TPSA) is 23.5 Å². The molecule has 16 heavy (non-hydrogen) atoms. The van der Waals surface area contributed by atoms with Gasteiger partial charge in [0, 0.05) is 31.6 Å². The van der Waals surface area contributed by atoms with Gasteiger partial charge in [-0.15, -0.1) is 0 Å². The lowest BCUT2D eigenvalue weighted by molar-refractivity contribution is 0.0221. The summed E-state index contributed by atoms with van der Waals surface area (Å²) < 4.78 is 50.5. The van der Waals surface area contributed by atoms with Crippen LogP contribution in [0.15, 0.2) is 11.7 Å². The molecule has 2 nitrogen and oxygen atoms in total. The summed E-state index contributed by atoms with van der Waals surface area (Å²) in [5.41, 5.74) is -1.37. The third-order valence-corrected chi connectivity index (χ3v) is 3.45. The zero-order chi connectivity index (χ0) is 12.0. The minimum Gasteiger partial charge on any atom is -0.396 e. The SMILES string of the molecule is OC[C@]1(CN2CCC(=C(F)F)C2)CC1(F)F. The standard InChI is InChI=1S/C10H13F4NO/c11-8(12)7-1-2-15(3-7)5-9(6-16)4-10(9,13)14/h16H,1-6H2/t9-/m1/s1. The van der Waals surface area contributed by atoms with Crippen LogP contribution in [0.1, 0.15) is 12.8 Å². The number of hydrogen-bond acceptors (Lipinski definition) is 2. The van der Waals surface area contributed by atoms with Crippen LogP contribution < -0.4 is 0 Å². The van der Waals surface area contributed by atoms with Crippen molar-refractivity contribution in [2.75, 3.05) is 26.2 Å². The van der Waals surface area contributed by atoms with Crippen LogP contribution in [0.25, 0.3) is 0 Å². The van der Waals surface area contributed by atoms with E-state index in [1.807, 2.05) is 0 Å². The van der Waals surface area contributed by atoms with Crippen LogP contribution in [-0.2, 0) is 0 Å². The Morgan fingerprint density at radius 3 is 2.38 bits per heavy atom. The second-order valence-electron chi connectivity index (χ2n) is 4.64. The third-order valence-electron chi connectivity index (χ3n) is 3.45. The van der Waals surface area contributed by atoms with Crippen molar-refractivity contribution >= 4 is 0 Å². The van der Waals surface area contributed by atoms with Gasteiger partial charge in [-0.25, -0.2) is 8.78 Å². The zero-order valence-corrected chi connectivity index (χ0v) is 8.65. The molecule has 0 amide bonds. The first kappa shape index (κ1) is 11.9. The van der Waals surface area contributed by atoms with E-state index >= 15 is 0 Å². The molecule has 2 aliphatic rings. The Hall–Kier alpha value is -0.620. The molecule has 0 aromatic carbocycles. The molecular formula is C10H13F4NO. The summed E-state index contributed by atoms with van der Waals surface area (Å²) >= 11 is 0. The quantitative estimate of drug-likeness (QED) is 0.760. The fourth-order valence-corrected chi connectivity index (χ4v) is 2.21. The van der Waals surface area contributed by atoms with Gasteiger partial charge in [-0.3, -0.25) is 4.90 Å². The van der Waals surface area contributed by atoms with Crippen LogP contribution in [-0.4, -0.2) is 42.2 Å². The maximum absolute atomic E-state index is 13.0. The normalized spacial score (nSPS) is 33.2. The fraction of sp³-hybridized carbons (Fsp3) is 0.800. The predicted octanol–water partition coefficient (Wildman–Crippen LogP) is 1.86. The van der Waals surface area contributed by atoms with Crippen molar-refractivity contribution in [2.45, 2.75) is 18.8 Å². The van der Waals surface area contributed by atoms with Crippen molar-refractivity contribution in [3.05, 3.63) is 11.7 Å². The summed E-state index contributed by atoms with van der Waals surface area (Å²) in [5.74, 6) is -2.84. The average Bonchev–Trinajstić information content (AvgIpc) is 2.61.